The zero-order valence-electron chi connectivity index (χ0n) is 17.0. The Bertz CT molecular complexity index is 1190. The SMILES string of the molecule is Cc1cc([C@H]2C3=CC[C@@H]4C(=O)N(C)C(=O)[C@@H]4[C@@H]3CC3=C2C(=O)C=C(Br)C3=O)ccc1O. The van der Waals surface area contributed by atoms with E-state index in [1.54, 1.807) is 19.1 Å². The summed E-state index contributed by atoms with van der Waals surface area (Å²) >= 11 is 3.21. The van der Waals surface area contributed by atoms with Crippen LogP contribution in [-0.2, 0) is 19.2 Å². The average molecular weight is 482 g/mol. The third-order valence-electron chi connectivity index (χ3n) is 7.11. The second-order valence-corrected chi connectivity index (χ2v) is 9.53. The van der Waals surface area contributed by atoms with Gasteiger partial charge in [0.25, 0.3) is 0 Å². The lowest BCUT2D eigenvalue weighted by Gasteiger charge is -2.42. The average Bonchev–Trinajstić information content (AvgIpc) is 2.97. The van der Waals surface area contributed by atoms with Gasteiger partial charge in [-0.3, -0.25) is 24.1 Å². The van der Waals surface area contributed by atoms with Gasteiger partial charge in [0.15, 0.2) is 11.6 Å². The quantitative estimate of drug-likeness (QED) is 0.378. The predicted octanol–water partition coefficient (Wildman–Crippen LogP) is 3.09. The number of likely N-dealkylation sites (tertiary alicyclic amines) is 1. The number of aryl methyl sites for hydroxylation is 1. The minimum absolute atomic E-state index is 0.148. The number of carbonyl (C=O) groups is 4. The molecule has 0 bridgehead atoms. The van der Waals surface area contributed by atoms with E-state index in [-0.39, 0.29) is 46.0 Å². The standard InChI is InChI=1S/C24H20BrNO5/c1-10-7-11(3-6-17(10)27)19-12-4-5-13-20(24(31)26(2)23(13)30)14(12)8-15-21(19)18(28)9-16(25)22(15)29/h3-4,6-7,9,13-14,19-20,27H,5,8H2,1-2H3/t13-,14+,19-,20-/m0/s1. The first-order valence-electron chi connectivity index (χ1n) is 10.2. The second kappa shape index (κ2) is 6.85. The van der Waals surface area contributed by atoms with Gasteiger partial charge in [0.2, 0.25) is 11.8 Å². The normalized spacial score (nSPS) is 30.1. The predicted molar refractivity (Wildman–Crippen MR) is 115 cm³/mol. The molecule has 158 valence electrons. The van der Waals surface area contributed by atoms with Gasteiger partial charge < -0.3 is 5.11 Å². The van der Waals surface area contributed by atoms with Crippen molar-refractivity contribution in [3.05, 3.63) is 62.7 Å². The number of nitrogens with zero attached hydrogens (tertiary/aromatic N) is 1. The highest BCUT2D eigenvalue weighted by atomic mass is 79.9. The van der Waals surface area contributed by atoms with Crippen molar-refractivity contribution in [2.24, 2.45) is 17.8 Å². The van der Waals surface area contributed by atoms with Crippen molar-refractivity contribution < 1.29 is 24.3 Å². The van der Waals surface area contributed by atoms with Gasteiger partial charge in [0.05, 0.1) is 16.3 Å². The number of ketones is 2. The molecule has 1 N–H and O–H groups in total. The fourth-order valence-electron chi connectivity index (χ4n) is 5.60. The Balaban J connectivity index is 1.72. The number of fused-ring (bicyclic) bond motifs is 3. The molecule has 1 fully saturated rings. The molecule has 4 aliphatic rings. The van der Waals surface area contributed by atoms with Gasteiger partial charge in [0, 0.05) is 30.2 Å². The van der Waals surface area contributed by atoms with Crippen LogP contribution in [0.4, 0.5) is 0 Å². The summed E-state index contributed by atoms with van der Waals surface area (Å²) in [4.78, 5) is 52.9. The number of hydrogen-bond donors (Lipinski definition) is 1. The topological polar surface area (TPSA) is 91.8 Å². The number of carbonyl (C=O) groups excluding carboxylic acids is 4. The first kappa shape index (κ1) is 20.1. The molecule has 4 atom stereocenters. The number of allylic oxidation sites excluding steroid dienone is 6. The van der Waals surface area contributed by atoms with Crippen molar-refractivity contribution in [1.82, 2.24) is 4.90 Å². The lowest BCUT2D eigenvalue weighted by Crippen LogP contribution is -2.39. The third-order valence-corrected chi connectivity index (χ3v) is 7.69. The zero-order valence-corrected chi connectivity index (χ0v) is 18.6. The Morgan fingerprint density at radius 2 is 1.84 bits per heavy atom. The minimum atomic E-state index is -0.528. The molecule has 0 saturated carbocycles. The van der Waals surface area contributed by atoms with Gasteiger partial charge in [0.1, 0.15) is 5.75 Å². The van der Waals surface area contributed by atoms with Crippen LogP contribution in [0.2, 0.25) is 0 Å². The summed E-state index contributed by atoms with van der Waals surface area (Å²) in [5.41, 5.74) is 3.20. The van der Waals surface area contributed by atoms with Crippen LogP contribution >= 0.6 is 15.9 Å². The van der Waals surface area contributed by atoms with Crippen LogP contribution < -0.4 is 0 Å². The molecule has 1 aliphatic heterocycles. The van der Waals surface area contributed by atoms with E-state index in [9.17, 15) is 24.3 Å². The molecule has 0 unspecified atom stereocenters. The second-order valence-electron chi connectivity index (χ2n) is 8.68. The summed E-state index contributed by atoms with van der Waals surface area (Å²) in [7, 11) is 1.51. The number of halogens is 1. The first-order valence-corrected chi connectivity index (χ1v) is 11.0. The Hall–Kier alpha value is -2.80. The van der Waals surface area contributed by atoms with E-state index in [1.165, 1.54) is 18.0 Å². The monoisotopic (exact) mass is 481 g/mol. The number of benzene rings is 1. The molecule has 1 aromatic carbocycles. The third kappa shape index (κ3) is 2.75. The van der Waals surface area contributed by atoms with E-state index in [0.29, 0.717) is 23.1 Å². The maximum Gasteiger partial charge on any atom is 0.233 e. The van der Waals surface area contributed by atoms with E-state index in [0.717, 1.165) is 11.1 Å². The smallest absolute Gasteiger partial charge is 0.233 e. The van der Waals surface area contributed by atoms with Gasteiger partial charge in [-0.15, -0.1) is 0 Å². The van der Waals surface area contributed by atoms with E-state index >= 15 is 0 Å². The maximum absolute atomic E-state index is 13.1. The summed E-state index contributed by atoms with van der Waals surface area (Å²) in [5.74, 6) is -2.51. The number of aromatic hydroxyl groups is 1. The van der Waals surface area contributed by atoms with E-state index in [2.05, 4.69) is 15.9 Å². The van der Waals surface area contributed by atoms with Crippen molar-refractivity contribution >= 4 is 39.3 Å². The molecule has 3 aliphatic carbocycles. The summed E-state index contributed by atoms with van der Waals surface area (Å²) in [6.45, 7) is 1.78. The molecule has 6 nitrogen and oxygen atoms in total. The zero-order chi connectivity index (χ0) is 22.2. The largest absolute Gasteiger partial charge is 0.508 e. The van der Waals surface area contributed by atoms with Crippen molar-refractivity contribution in [3.63, 3.8) is 0 Å². The maximum atomic E-state index is 13.1. The fraction of sp³-hybridized carbons (Fsp3) is 0.333. The van der Waals surface area contributed by atoms with Crippen LogP contribution in [0.1, 0.15) is 29.9 Å². The van der Waals surface area contributed by atoms with Gasteiger partial charge in [-0.1, -0.05) is 23.8 Å². The minimum Gasteiger partial charge on any atom is -0.508 e. The van der Waals surface area contributed by atoms with E-state index in [1.807, 2.05) is 12.1 Å². The van der Waals surface area contributed by atoms with Gasteiger partial charge in [-0.05, 0) is 58.8 Å². The first-order chi connectivity index (χ1) is 14.7. The molecular formula is C24H20BrNO5. The molecule has 5 rings (SSSR count). The number of rotatable bonds is 1. The molecule has 1 aromatic rings. The van der Waals surface area contributed by atoms with Gasteiger partial charge in [-0.25, -0.2) is 0 Å². The van der Waals surface area contributed by atoms with Gasteiger partial charge in [-0.2, -0.15) is 0 Å². The van der Waals surface area contributed by atoms with E-state index in [4.69, 9.17) is 0 Å². The van der Waals surface area contributed by atoms with Crippen LogP contribution in [0.15, 0.2) is 51.6 Å². The summed E-state index contributed by atoms with van der Waals surface area (Å²) in [5, 5.41) is 10.0. The molecule has 2 amide bonds. The molecular weight excluding hydrogens is 462 g/mol. The van der Waals surface area contributed by atoms with Crippen molar-refractivity contribution in [2.45, 2.75) is 25.7 Å². The summed E-state index contributed by atoms with van der Waals surface area (Å²) in [6, 6.07) is 5.16. The highest BCUT2D eigenvalue weighted by Gasteiger charge is 2.55. The van der Waals surface area contributed by atoms with Crippen LogP contribution in [0, 0.1) is 24.7 Å². The number of hydrogen-bond acceptors (Lipinski definition) is 5. The van der Waals surface area contributed by atoms with Crippen LogP contribution in [-0.4, -0.2) is 40.4 Å². The lowest BCUT2D eigenvalue weighted by atomic mass is 9.59. The Kier molecular flexibility index (Phi) is 4.45. The number of imide groups is 1. The molecule has 0 spiro atoms. The van der Waals surface area contributed by atoms with Crippen LogP contribution in [0.5, 0.6) is 5.75 Å². The fourth-order valence-corrected chi connectivity index (χ4v) is 6.05. The molecule has 0 aromatic heterocycles. The molecule has 31 heavy (non-hydrogen) atoms. The Morgan fingerprint density at radius 3 is 2.55 bits per heavy atom. The van der Waals surface area contributed by atoms with Crippen LogP contribution in [0.3, 0.4) is 0 Å². The Morgan fingerprint density at radius 1 is 1.10 bits per heavy atom. The lowest BCUT2D eigenvalue weighted by molar-refractivity contribution is -0.138. The molecule has 7 heteroatoms. The molecule has 0 radical (unpaired) electrons. The number of amides is 2. The van der Waals surface area contributed by atoms with Crippen molar-refractivity contribution in [2.75, 3.05) is 7.05 Å². The number of phenolic OH excluding ortho intramolecular Hbond substituents is 1. The summed E-state index contributed by atoms with van der Waals surface area (Å²) < 4.78 is 0.211. The number of Topliss-reactive ketones (excluding diaryl/α,β-unsaturated/α-hetero) is 1. The van der Waals surface area contributed by atoms with Gasteiger partial charge >= 0.3 is 0 Å². The van der Waals surface area contributed by atoms with Crippen LogP contribution in [0.25, 0.3) is 0 Å². The van der Waals surface area contributed by atoms with E-state index < -0.39 is 17.8 Å². The highest BCUT2D eigenvalue weighted by Crippen LogP contribution is 2.55. The highest BCUT2D eigenvalue weighted by molar-refractivity contribution is 9.12. The molecule has 1 saturated heterocycles. The van der Waals surface area contributed by atoms with Crippen molar-refractivity contribution in [3.8, 4) is 5.75 Å². The Labute approximate surface area is 187 Å². The number of phenols is 1. The molecule has 1 heterocycles. The summed E-state index contributed by atoms with van der Waals surface area (Å²) in [6.07, 6.45) is 3.99. The van der Waals surface area contributed by atoms with Crippen molar-refractivity contribution in [1.29, 1.82) is 0 Å².